The maximum atomic E-state index is 11.0. The molecule has 0 amide bonds. The predicted molar refractivity (Wildman–Crippen MR) is 82.7 cm³/mol. The molecular formula is C14H12N4O2S. The molecule has 0 saturated heterocycles. The van der Waals surface area contributed by atoms with Gasteiger partial charge < -0.3 is 5.32 Å². The Morgan fingerprint density at radius 3 is 2.95 bits per heavy atom. The first-order valence-electron chi connectivity index (χ1n) is 6.39. The van der Waals surface area contributed by atoms with Crippen LogP contribution in [0.3, 0.4) is 0 Å². The van der Waals surface area contributed by atoms with E-state index in [4.69, 9.17) is 0 Å². The number of non-ortho nitro benzene ring substituents is 1. The molecule has 0 aliphatic heterocycles. The summed E-state index contributed by atoms with van der Waals surface area (Å²) < 4.78 is 0. The molecule has 0 radical (unpaired) electrons. The molecule has 2 heterocycles. The summed E-state index contributed by atoms with van der Waals surface area (Å²) in [4.78, 5) is 19.0. The lowest BCUT2D eigenvalue weighted by Gasteiger charge is -2.09. The third-order valence-electron chi connectivity index (χ3n) is 3.13. The van der Waals surface area contributed by atoms with Gasteiger partial charge in [0.05, 0.1) is 16.1 Å². The SMILES string of the molecule is O=[N+]([O-])c1ccc(NCCc2cscn2)c2cccnc12. The van der Waals surface area contributed by atoms with E-state index < -0.39 is 4.92 Å². The molecule has 0 fully saturated rings. The fourth-order valence-corrected chi connectivity index (χ4v) is 2.74. The average molecular weight is 300 g/mol. The van der Waals surface area contributed by atoms with Gasteiger partial charge in [0, 0.05) is 41.7 Å². The Labute approximate surface area is 124 Å². The summed E-state index contributed by atoms with van der Waals surface area (Å²) >= 11 is 1.57. The minimum absolute atomic E-state index is 0.0238. The van der Waals surface area contributed by atoms with E-state index in [1.165, 1.54) is 6.07 Å². The predicted octanol–water partition coefficient (Wildman–Crippen LogP) is 3.25. The Kier molecular flexibility index (Phi) is 3.74. The fourth-order valence-electron chi connectivity index (χ4n) is 2.15. The van der Waals surface area contributed by atoms with Gasteiger partial charge in [-0.3, -0.25) is 10.1 Å². The molecule has 1 N–H and O–H groups in total. The van der Waals surface area contributed by atoms with Crippen LogP contribution in [0.25, 0.3) is 10.9 Å². The van der Waals surface area contributed by atoms with Gasteiger partial charge in [-0.25, -0.2) is 9.97 Å². The number of anilines is 1. The second kappa shape index (κ2) is 5.84. The van der Waals surface area contributed by atoms with Crippen molar-refractivity contribution in [1.29, 1.82) is 0 Å². The third kappa shape index (κ3) is 2.82. The Balaban J connectivity index is 1.85. The first-order valence-corrected chi connectivity index (χ1v) is 7.33. The number of nitrogens with zero attached hydrogens (tertiary/aromatic N) is 3. The number of fused-ring (bicyclic) bond motifs is 1. The average Bonchev–Trinajstić information content (AvgIpc) is 3.00. The minimum Gasteiger partial charge on any atom is -0.384 e. The van der Waals surface area contributed by atoms with Crippen molar-refractivity contribution in [2.75, 3.05) is 11.9 Å². The van der Waals surface area contributed by atoms with Crippen LogP contribution in [-0.4, -0.2) is 21.4 Å². The van der Waals surface area contributed by atoms with Gasteiger partial charge in [0.15, 0.2) is 0 Å². The lowest BCUT2D eigenvalue weighted by molar-refractivity contribution is -0.383. The lowest BCUT2D eigenvalue weighted by Crippen LogP contribution is -2.06. The highest BCUT2D eigenvalue weighted by atomic mass is 32.1. The molecule has 0 atom stereocenters. The number of nitro benzene ring substituents is 1. The molecule has 0 bridgehead atoms. The number of nitro groups is 1. The first kappa shape index (κ1) is 13.4. The normalized spacial score (nSPS) is 10.7. The smallest absolute Gasteiger partial charge is 0.295 e. The second-order valence-electron chi connectivity index (χ2n) is 4.45. The van der Waals surface area contributed by atoms with E-state index >= 15 is 0 Å². The van der Waals surface area contributed by atoms with Crippen molar-refractivity contribution in [3.8, 4) is 0 Å². The highest BCUT2D eigenvalue weighted by molar-refractivity contribution is 7.07. The van der Waals surface area contributed by atoms with Gasteiger partial charge in [0.2, 0.25) is 0 Å². The summed E-state index contributed by atoms with van der Waals surface area (Å²) in [6, 6.07) is 6.82. The fraction of sp³-hybridized carbons (Fsp3) is 0.143. The van der Waals surface area contributed by atoms with Crippen molar-refractivity contribution in [3.63, 3.8) is 0 Å². The number of rotatable bonds is 5. The molecule has 0 spiro atoms. The molecule has 7 heteroatoms. The van der Waals surface area contributed by atoms with Crippen molar-refractivity contribution in [2.45, 2.75) is 6.42 Å². The Morgan fingerprint density at radius 2 is 2.19 bits per heavy atom. The number of hydrogen-bond donors (Lipinski definition) is 1. The van der Waals surface area contributed by atoms with Crippen LogP contribution in [0.4, 0.5) is 11.4 Å². The summed E-state index contributed by atoms with van der Waals surface area (Å²) in [5, 5.41) is 17.1. The van der Waals surface area contributed by atoms with E-state index in [2.05, 4.69) is 15.3 Å². The number of nitrogens with one attached hydrogen (secondary N) is 1. The van der Waals surface area contributed by atoms with Gasteiger partial charge in [-0.15, -0.1) is 11.3 Å². The molecule has 0 aliphatic rings. The van der Waals surface area contributed by atoms with Crippen LogP contribution in [0.1, 0.15) is 5.69 Å². The summed E-state index contributed by atoms with van der Waals surface area (Å²) in [6.45, 7) is 0.714. The van der Waals surface area contributed by atoms with Crippen molar-refractivity contribution >= 4 is 33.6 Å². The highest BCUT2D eigenvalue weighted by Crippen LogP contribution is 2.29. The van der Waals surface area contributed by atoms with E-state index in [0.29, 0.717) is 12.1 Å². The monoisotopic (exact) mass is 300 g/mol. The van der Waals surface area contributed by atoms with Crippen LogP contribution in [0.2, 0.25) is 0 Å². The number of hydrogen-bond acceptors (Lipinski definition) is 6. The van der Waals surface area contributed by atoms with Crippen LogP contribution in [0.15, 0.2) is 41.4 Å². The molecule has 106 valence electrons. The minimum atomic E-state index is -0.408. The molecular weight excluding hydrogens is 288 g/mol. The van der Waals surface area contributed by atoms with E-state index in [0.717, 1.165) is 23.2 Å². The Hall–Kier alpha value is -2.54. The zero-order valence-corrected chi connectivity index (χ0v) is 11.8. The number of thiazole rings is 1. The quantitative estimate of drug-likeness (QED) is 0.578. The molecule has 1 aromatic carbocycles. The summed E-state index contributed by atoms with van der Waals surface area (Å²) in [5.74, 6) is 0. The third-order valence-corrected chi connectivity index (χ3v) is 3.76. The molecule has 0 aliphatic carbocycles. The van der Waals surface area contributed by atoms with E-state index in [1.54, 1.807) is 35.2 Å². The maximum absolute atomic E-state index is 11.0. The topological polar surface area (TPSA) is 81.0 Å². The molecule has 2 aromatic heterocycles. The largest absolute Gasteiger partial charge is 0.384 e. The maximum Gasteiger partial charge on any atom is 0.295 e. The second-order valence-corrected chi connectivity index (χ2v) is 5.16. The summed E-state index contributed by atoms with van der Waals surface area (Å²) in [7, 11) is 0. The number of pyridine rings is 1. The summed E-state index contributed by atoms with van der Waals surface area (Å²) in [6.07, 6.45) is 2.37. The molecule has 6 nitrogen and oxygen atoms in total. The van der Waals surface area contributed by atoms with Gasteiger partial charge in [0.25, 0.3) is 5.69 Å². The van der Waals surface area contributed by atoms with E-state index in [9.17, 15) is 10.1 Å². The number of aromatic nitrogens is 2. The number of benzene rings is 1. The van der Waals surface area contributed by atoms with Gasteiger partial charge in [-0.05, 0) is 18.2 Å². The molecule has 3 rings (SSSR count). The van der Waals surface area contributed by atoms with Crippen LogP contribution >= 0.6 is 11.3 Å². The van der Waals surface area contributed by atoms with Gasteiger partial charge in [0.1, 0.15) is 5.52 Å². The van der Waals surface area contributed by atoms with E-state index in [-0.39, 0.29) is 5.69 Å². The van der Waals surface area contributed by atoms with Gasteiger partial charge >= 0.3 is 0 Å². The van der Waals surface area contributed by atoms with Gasteiger partial charge in [-0.2, -0.15) is 0 Å². The van der Waals surface area contributed by atoms with Crippen LogP contribution in [0.5, 0.6) is 0 Å². The Bertz CT molecular complexity index is 774. The molecule has 0 saturated carbocycles. The van der Waals surface area contributed by atoms with Crippen LogP contribution < -0.4 is 5.32 Å². The Morgan fingerprint density at radius 1 is 1.29 bits per heavy atom. The van der Waals surface area contributed by atoms with Crippen molar-refractivity contribution in [1.82, 2.24) is 9.97 Å². The highest BCUT2D eigenvalue weighted by Gasteiger charge is 2.14. The zero-order valence-electron chi connectivity index (χ0n) is 11.0. The molecule has 0 unspecified atom stereocenters. The summed E-state index contributed by atoms with van der Waals surface area (Å²) in [5.41, 5.74) is 4.12. The lowest BCUT2D eigenvalue weighted by atomic mass is 10.1. The standard InChI is InChI=1S/C14H12N4O2S/c19-18(20)13-4-3-12(11-2-1-6-16-14(11)13)15-7-5-10-8-21-9-17-10/h1-4,6,8-9,15H,5,7H2. The van der Waals surface area contributed by atoms with Crippen molar-refractivity contribution < 1.29 is 4.92 Å². The molecule has 3 aromatic rings. The van der Waals surface area contributed by atoms with Crippen LogP contribution in [-0.2, 0) is 6.42 Å². The van der Waals surface area contributed by atoms with Crippen molar-refractivity contribution in [3.05, 3.63) is 57.2 Å². The van der Waals surface area contributed by atoms with Crippen LogP contribution in [0, 0.1) is 10.1 Å². The first-order chi connectivity index (χ1) is 10.3. The van der Waals surface area contributed by atoms with Crippen molar-refractivity contribution in [2.24, 2.45) is 0 Å². The van der Waals surface area contributed by atoms with Gasteiger partial charge in [-0.1, -0.05) is 0 Å². The van der Waals surface area contributed by atoms with E-state index in [1.807, 2.05) is 11.4 Å². The zero-order chi connectivity index (χ0) is 14.7. The molecule has 21 heavy (non-hydrogen) atoms.